The van der Waals surface area contributed by atoms with Crippen LogP contribution in [0, 0.1) is 0 Å². The van der Waals surface area contributed by atoms with Gasteiger partial charge in [0, 0.05) is 24.8 Å². The van der Waals surface area contributed by atoms with Gasteiger partial charge in [0.2, 0.25) is 0 Å². The molecule has 0 spiro atoms. The molecular weight excluding hydrogens is 347 g/mol. The Bertz CT molecular complexity index is 579. The molecule has 8 heteroatoms. The zero-order valence-electron chi connectivity index (χ0n) is 13.4. The summed E-state index contributed by atoms with van der Waals surface area (Å²) in [6.45, 7) is 0. The fourth-order valence-electron chi connectivity index (χ4n) is 2.22. The molecule has 0 aromatic heterocycles. The molecule has 0 unspecified atom stereocenters. The van der Waals surface area contributed by atoms with Gasteiger partial charge in [-0.15, -0.1) is 0 Å². The standard InChI is InChI=1S/C17H19F5O3/c18-16(19,17(20,21)22)11-3-5-14(23)13-9-7-12(8-10-13)4-1-2-6-15(24)25/h7-10H,1-6,11H2,(H,24,25). The lowest BCUT2D eigenvalue weighted by atomic mass is 10.0. The molecule has 0 heterocycles. The number of hydrogen-bond donors (Lipinski definition) is 1. The fraction of sp³-hybridized carbons (Fsp3) is 0.529. The second-order valence-corrected chi connectivity index (χ2v) is 5.78. The quantitative estimate of drug-likeness (QED) is 0.359. The van der Waals surface area contributed by atoms with E-state index in [4.69, 9.17) is 5.11 Å². The smallest absolute Gasteiger partial charge is 0.453 e. The van der Waals surface area contributed by atoms with Crippen molar-refractivity contribution in [3.63, 3.8) is 0 Å². The van der Waals surface area contributed by atoms with E-state index in [2.05, 4.69) is 0 Å². The van der Waals surface area contributed by atoms with Crippen LogP contribution in [0.4, 0.5) is 22.0 Å². The molecular formula is C17H19F5O3. The molecule has 1 aromatic carbocycles. The van der Waals surface area contributed by atoms with E-state index < -0.39 is 36.7 Å². The van der Waals surface area contributed by atoms with Crippen LogP contribution in [0.2, 0.25) is 0 Å². The molecule has 1 aromatic rings. The molecule has 1 N–H and O–H groups in total. The van der Waals surface area contributed by atoms with E-state index >= 15 is 0 Å². The summed E-state index contributed by atoms with van der Waals surface area (Å²) in [7, 11) is 0. The van der Waals surface area contributed by atoms with Crippen molar-refractivity contribution >= 4 is 11.8 Å². The van der Waals surface area contributed by atoms with E-state index in [9.17, 15) is 31.5 Å². The summed E-state index contributed by atoms with van der Waals surface area (Å²) in [5, 5.41) is 8.53. The van der Waals surface area contributed by atoms with Crippen LogP contribution in [0.5, 0.6) is 0 Å². The molecule has 1 rings (SSSR count). The first-order valence-electron chi connectivity index (χ1n) is 7.81. The second kappa shape index (κ2) is 8.92. The summed E-state index contributed by atoms with van der Waals surface area (Å²) in [5.41, 5.74) is 1.15. The Labute approximate surface area is 141 Å². The summed E-state index contributed by atoms with van der Waals surface area (Å²) in [6, 6.07) is 6.32. The van der Waals surface area contributed by atoms with Gasteiger partial charge in [0.25, 0.3) is 0 Å². The lowest BCUT2D eigenvalue weighted by molar-refractivity contribution is -0.284. The molecule has 0 bridgehead atoms. The average Bonchev–Trinajstić information content (AvgIpc) is 2.50. The summed E-state index contributed by atoms with van der Waals surface area (Å²) < 4.78 is 61.6. The molecule has 0 atom stereocenters. The number of alkyl halides is 5. The number of benzene rings is 1. The van der Waals surface area contributed by atoms with Crippen LogP contribution in [0.3, 0.4) is 0 Å². The first-order valence-corrected chi connectivity index (χ1v) is 7.81. The van der Waals surface area contributed by atoms with Crippen LogP contribution < -0.4 is 0 Å². The first-order chi connectivity index (χ1) is 11.5. The molecule has 0 saturated heterocycles. The minimum absolute atomic E-state index is 0.0825. The number of carboxylic acid groups (broad SMARTS) is 1. The summed E-state index contributed by atoms with van der Waals surface area (Å²) in [4.78, 5) is 22.2. The highest BCUT2D eigenvalue weighted by Crippen LogP contribution is 2.39. The molecule has 0 radical (unpaired) electrons. The minimum atomic E-state index is -5.60. The van der Waals surface area contributed by atoms with Gasteiger partial charge in [0.05, 0.1) is 0 Å². The van der Waals surface area contributed by atoms with Crippen LogP contribution in [-0.4, -0.2) is 29.0 Å². The van der Waals surface area contributed by atoms with Crippen LogP contribution in [0.15, 0.2) is 24.3 Å². The van der Waals surface area contributed by atoms with Gasteiger partial charge < -0.3 is 5.11 Å². The molecule has 0 saturated carbocycles. The number of carbonyl (C=O) groups excluding carboxylic acids is 1. The Kier molecular flexibility index (Phi) is 7.51. The SMILES string of the molecule is O=C(O)CCCCc1ccc(C(=O)CCCC(F)(F)C(F)(F)F)cc1. The van der Waals surface area contributed by atoms with Gasteiger partial charge >= 0.3 is 18.1 Å². The number of rotatable bonds is 10. The van der Waals surface area contributed by atoms with Gasteiger partial charge in [-0.05, 0) is 31.2 Å². The number of aliphatic carboxylic acids is 1. The van der Waals surface area contributed by atoms with Gasteiger partial charge in [-0.1, -0.05) is 24.3 Å². The topological polar surface area (TPSA) is 54.4 Å². The predicted molar refractivity (Wildman–Crippen MR) is 80.8 cm³/mol. The second-order valence-electron chi connectivity index (χ2n) is 5.78. The van der Waals surface area contributed by atoms with E-state index in [0.29, 0.717) is 19.3 Å². The third-order valence-corrected chi connectivity index (χ3v) is 3.69. The molecule has 25 heavy (non-hydrogen) atoms. The lowest BCUT2D eigenvalue weighted by Gasteiger charge is -2.19. The van der Waals surface area contributed by atoms with Gasteiger partial charge in [-0.3, -0.25) is 9.59 Å². The monoisotopic (exact) mass is 366 g/mol. The highest BCUT2D eigenvalue weighted by Gasteiger charge is 2.56. The van der Waals surface area contributed by atoms with Crippen molar-refractivity contribution in [3.05, 3.63) is 35.4 Å². The van der Waals surface area contributed by atoms with Gasteiger partial charge in [-0.2, -0.15) is 22.0 Å². The van der Waals surface area contributed by atoms with Gasteiger partial charge in [0.1, 0.15) is 0 Å². The van der Waals surface area contributed by atoms with Crippen molar-refractivity contribution in [1.29, 1.82) is 0 Å². The molecule has 0 amide bonds. The third kappa shape index (κ3) is 7.19. The maximum Gasteiger partial charge on any atom is 0.453 e. The normalized spacial score (nSPS) is 12.2. The van der Waals surface area contributed by atoms with Gasteiger partial charge in [0.15, 0.2) is 5.78 Å². The Morgan fingerprint density at radius 1 is 0.880 bits per heavy atom. The van der Waals surface area contributed by atoms with E-state index in [1.165, 1.54) is 12.1 Å². The lowest BCUT2D eigenvalue weighted by Crippen LogP contribution is -2.36. The van der Waals surface area contributed by atoms with Crippen molar-refractivity contribution in [2.45, 2.75) is 57.0 Å². The zero-order chi connectivity index (χ0) is 19.1. The predicted octanol–water partition coefficient (Wildman–Crippen LogP) is 5.03. The number of unbranched alkanes of at least 4 members (excludes halogenated alkanes) is 1. The highest BCUT2D eigenvalue weighted by atomic mass is 19.4. The zero-order valence-corrected chi connectivity index (χ0v) is 13.4. The summed E-state index contributed by atoms with van der Waals surface area (Å²) in [5.74, 6) is -6.14. The fourth-order valence-corrected chi connectivity index (χ4v) is 2.22. The Morgan fingerprint density at radius 2 is 1.48 bits per heavy atom. The summed E-state index contributed by atoms with van der Waals surface area (Å²) in [6.07, 6.45) is -6.03. The van der Waals surface area contributed by atoms with Crippen LogP contribution in [-0.2, 0) is 11.2 Å². The number of halogens is 5. The Morgan fingerprint density at radius 3 is 2.00 bits per heavy atom. The van der Waals surface area contributed by atoms with E-state index in [1.54, 1.807) is 12.1 Å². The summed E-state index contributed by atoms with van der Waals surface area (Å²) >= 11 is 0. The largest absolute Gasteiger partial charge is 0.481 e. The number of carbonyl (C=O) groups is 2. The number of carboxylic acids is 1. The number of hydrogen-bond acceptors (Lipinski definition) is 2. The van der Waals surface area contributed by atoms with Crippen molar-refractivity contribution in [2.24, 2.45) is 0 Å². The van der Waals surface area contributed by atoms with Crippen LogP contribution in [0.1, 0.15) is 54.4 Å². The number of aryl methyl sites for hydroxylation is 1. The molecule has 0 aliphatic rings. The molecule has 0 aliphatic carbocycles. The molecule has 3 nitrogen and oxygen atoms in total. The van der Waals surface area contributed by atoms with Crippen molar-refractivity contribution in [2.75, 3.05) is 0 Å². The average molecular weight is 366 g/mol. The van der Waals surface area contributed by atoms with Crippen LogP contribution >= 0.6 is 0 Å². The first kappa shape index (κ1) is 21.1. The maximum absolute atomic E-state index is 12.8. The van der Waals surface area contributed by atoms with Crippen LogP contribution in [0.25, 0.3) is 0 Å². The molecule has 140 valence electrons. The number of ketones is 1. The molecule has 0 aliphatic heterocycles. The van der Waals surface area contributed by atoms with Gasteiger partial charge in [-0.25, -0.2) is 0 Å². The maximum atomic E-state index is 12.8. The molecule has 0 fully saturated rings. The third-order valence-electron chi connectivity index (χ3n) is 3.69. The van der Waals surface area contributed by atoms with Crippen molar-refractivity contribution in [3.8, 4) is 0 Å². The van der Waals surface area contributed by atoms with Crippen molar-refractivity contribution in [1.82, 2.24) is 0 Å². The minimum Gasteiger partial charge on any atom is -0.481 e. The van der Waals surface area contributed by atoms with E-state index in [1.807, 2.05) is 0 Å². The number of Topliss-reactive ketones (excluding diaryl/α,β-unsaturated/α-hetero) is 1. The van der Waals surface area contributed by atoms with Crippen molar-refractivity contribution < 1.29 is 36.6 Å². The van der Waals surface area contributed by atoms with E-state index in [-0.39, 0.29) is 18.4 Å². The Balaban J connectivity index is 2.43. The Hall–Kier alpha value is -1.99. The highest BCUT2D eigenvalue weighted by molar-refractivity contribution is 5.96. The van der Waals surface area contributed by atoms with E-state index in [0.717, 1.165) is 5.56 Å².